The highest BCUT2D eigenvalue weighted by Crippen LogP contribution is 2.35. The van der Waals surface area contributed by atoms with Gasteiger partial charge in [0, 0.05) is 17.5 Å². The molecule has 0 aliphatic carbocycles. The van der Waals surface area contributed by atoms with Crippen LogP contribution in [0.5, 0.6) is 0 Å². The third-order valence-corrected chi connectivity index (χ3v) is 3.60. The molecule has 4 heteroatoms. The number of halogens is 1. The fraction of sp³-hybridized carbons (Fsp3) is 0.0588. The van der Waals surface area contributed by atoms with E-state index >= 15 is 0 Å². The lowest BCUT2D eigenvalue weighted by Crippen LogP contribution is -2.25. The summed E-state index contributed by atoms with van der Waals surface area (Å²) in [5.74, 6) is -0.329. The third kappa shape index (κ3) is 2.36. The number of para-hydroxylation sites is 1. The molecule has 0 spiro atoms. The summed E-state index contributed by atoms with van der Waals surface area (Å²) in [6, 6.07) is 14.2. The second-order valence-electron chi connectivity index (χ2n) is 4.78. The van der Waals surface area contributed by atoms with Gasteiger partial charge in [-0.3, -0.25) is 14.5 Å². The van der Waals surface area contributed by atoms with Crippen LogP contribution in [0.15, 0.2) is 54.2 Å². The van der Waals surface area contributed by atoms with Crippen molar-refractivity contribution in [2.24, 2.45) is 0 Å². The van der Waals surface area contributed by atoms with E-state index in [1.807, 2.05) is 18.2 Å². The second kappa shape index (κ2) is 5.19. The van der Waals surface area contributed by atoms with Crippen molar-refractivity contribution in [3.63, 3.8) is 0 Å². The van der Waals surface area contributed by atoms with Crippen LogP contribution >= 0.6 is 11.6 Å². The molecule has 3 nitrogen and oxygen atoms in total. The molecule has 2 aromatic carbocycles. The first-order chi connectivity index (χ1) is 10.1. The SMILES string of the molecule is CC(=O)N1/C(=C\c2ccc(Cl)cc2)C(=O)c2ccccc21. The highest BCUT2D eigenvalue weighted by Gasteiger charge is 2.34. The zero-order chi connectivity index (χ0) is 15.0. The van der Waals surface area contributed by atoms with E-state index in [1.165, 1.54) is 11.8 Å². The first kappa shape index (κ1) is 13.6. The van der Waals surface area contributed by atoms with Crippen LogP contribution in [0.25, 0.3) is 6.08 Å². The van der Waals surface area contributed by atoms with Crippen molar-refractivity contribution in [3.8, 4) is 0 Å². The Bertz CT molecular complexity index is 763. The van der Waals surface area contributed by atoms with Crippen LogP contribution in [0, 0.1) is 0 Å². The molecule has 0 saturated heterocycles. The summed E-state index contributed by atoms with van der Waals surface area (Å²) in [7, 11) is 0. The lowest BCUT2D eigenvalue weighted by molar-refractivity contribution is -0.116. The number of anilines is 1. The number of nitrogens with zero attached hydrogens (tertiary/aromatic N) is 1. The Hall–Kier alpha value is -2.39. The van der Waals surface area contributed by atoms with Crippen molar-refractivity contribution in [3.05, 3.63) is 70.4 Å². The van der Waals surface area contributed by atoms with E-state index < -0.39 is 0 Å². The van der Waals surface area contributed by atoms with Gasteiger partial charge in [0.1, 0.15) is 0 Å². The van der Waals surface area contributed by atoms with Gasteiger partial charge in [0.05, 0.1) is 11.4 Å². The van der Waals surface area contributed by atoms with E-state index in [0.717, 1.165) is 5.56 Å². The van der Waals surface area contributed by atoms with Crippen LogP contribution in [0.4, 0.5) is 5.69 Å². The summed E-state index contributed by atoms with van der Waals surface area (Å²) in [5.41, 5.74) is 2.37. The maximum Gasteiger partial charge on any atom is 0.228 e. The van der Waals surface area contributed by atoms with Crippen molar-refractivity contribution in [1.82, 2.24) is 0 Å². The number of hydrogen-bond donors (Lipinski definition) is 0. The molecular formula is C17H12ClNO2. The number of hydrogen-bond acceptors (Lipinski definition) is 2. The normalized spacial score (nSPS) is 15.4. The lowest BCUT2D eigenvalue weighted by Gasteiger charge is -2.15. The highest BCUT2D eigenvalue weighted by atomic mass is 35.5. The van der Waals surface area contributed by atoms with Gasteiger partial charge in [0.2, 0.25) is 11.7 Å². The highest BCUT2D eigenvalue weighted by molar-refractivity contribution is 6.30. The van der Waals surface area contributed by atoms with E-state index in [9.17, 15) is 9.59 Å². The van der Waals surface area contributed by atoms with Crippen LogP contribution < -0.4 is 4.90 Å². The first-order valence-corrected chi connectivity index (χ1v) is 6.87. The van der Waals surface area contributed by atoms with Crippen molar-refractivity contribution >= 4 is 35.1 Å². The van der Waals surface area contributed by atoms with Crippen LogP contribution in [0.3, 0.4) is 0 Å². The fourth-order valence-corrected chi connectivity index (χ4v) is 2.54. The summed E-state index contributed by atoms with van der Waals surface area (Å²) >= 11 is 5.86. The van der Waals surface area contributed by atoms with Gasteiger partial charge in [-0.1, -0.05) is 35.9 Å². The number of rotatable bonds is 1. The van der Waals surface area contributed by atoms with Gasteiger partial charge in [0.25, 0.3) is 0 Å². The zero-order valence-electron chi connectivity index (χ0n) is 11.3. The maximum atomic E-state index is 12.5. The number of allylic oxidation sites excluding steroid dienone is 1. The molecule has 21 heavy (non-hydrogen) atoms. The minimum absolute atomic E-state index is 0.143. The maximum absolute atomic E-state index is 12.5. The van der Waals surface area contributed by atoms with Gasteiger partial charge < -0.3 is 0 Å². The number of Topliss-reactive ketones (excluding diaryl/α,β-unsaturated/α-hetero) is 1. The zero-order valence-corrected chi connectivity index (χ0v) is 12.1. The summed E-state index contributed by atoms with van der Waals surface area (Å²) < 4.78 is 0. The summed E-state index contributed by atoms with van der Waals surface area (Å²) in [6.07, 6.45) is 1.71. The molecule has 0 radical (unpaired) electrons. The average molecular weight is 298 g/mol. The van der Waals surface area contributed by atoms with Crippen molar-refractivity contribution in [2.75, 3.05) is 4.90 Å². The number of amides is 1. The van der Waals surface area contributed by atoms with Gasteiger partial charge in [-0.2, -0.15) is 0 Å². The molecule has 3 rings (SSSR count). The van der Waals surface area contributed by atoms with Crippen molar-refractivity contribution in [2.45, 2.75) is 6.92 Å². The molecular weight excluding hydrogens is 286 g/mol. The second-order valence-corrected chi connectivity index (χ2v) is 5.22. The Balaban J connectivity index is 2.12. The van der Waals surface area contributed by atoms with Crippen LogP contribution in [0.1, 0.15) is 22.8 Å². The molecule has 1 heterocycles. The van der Waals surface area contributed by atoms with Crippen molar-refractivity contribution < 1.29 is 9.59 Å². The molecule has 0 saturated carbocycles. The minimum Gasteiger partial charge on any atom is -0.287 e. The Morgan fingerprint density at radius 3 is 2.43 bits per heavy atom. The molecule has 1 amide bonds. The molecule has 0 fully saturated rings. The smallest absolute Gasteiger partial charge is 0.228 e. The number of carbonyl (C=O) groups excluding carboxylic acids is 2. The van der Waals surface area contributed by atoms with Crippen LogP contribution in [-0.2, 0) is 4.79 Å². The number of ketones is 1. The predicted molar refractivity (Wildman–Crippen MR) is 83.4 cm³/mol. The first-order valence-electron chi connectivity index (χ1n) is 6.49. The molecule has 0 bridgehead atoms. The average Bonchev–Trinajstić information content (AvgIpc) is 2.75. The summed E-state index contributed by atoms with van der Waals surface area (Å²) in [4.78, 5) is 25.9. The van der Waals surface area contributed by atoms with Crippen LogP contribution in [0.2, 0.25) is 5.02 Å². The minimum atomic E-state index is -0.187. The quantitative estimate of drug-likeness (QED) is 0.748. The van der Waals surface area contributed by atoms with E-state index in [-0.39, 0.29) is 11.7 Å². The van der Waals surface area contributed by atoms with E-state index in [2.05, 4.69) is 0 Å². The van der Waals surface area contributed by atoms with E-state index in [1.54, 1.807) is 36.4 Å². The molecule has 0 atom stereocenters. The fourth-order valence-electron chi connectivity index (χ4n) is 2.42. The molecule has 0 N–H and O–H groups in total. The summed E-state index contributed by atoms with van der Waals surface area (Å²) in [6.45, 7) is 1.45. The van der Waals surface area contributed by atoms with Gasteiger partial charge in [-0.25, -0.2) is 0 Å². The number of fused-ring (bicyclic) bond motifs is 1. The molecule has 1 aliphatic heterocycles. The number of carbonyl (C=O) groups is 2. The van der Waals surface area contributed by atoms with E-state index in [0.29, 0.717) is 22.0 Å². The standard InChI is InChI=1S/C17H12ClNO2/c1-11(20)19-15-5-3-2-4-14(15)17(21)16(19)10-12-6-8-13(18)9-7-12/h2-10H,1H3/b16-10-. The molecule has 0 unspecified atom stereocenters. The Labute approximate surface area is 127 Å². The van der Waals surface area contributed by atoms with Gasteiger partial charge in [-0.05, 0) is 35.9 Å². The van der Waals surface area contributed by atoms with E-state index in [4.69, 9.17) is 11.6 Å². The lowest BCUT2D eigenvalue weighted by atomic mass is 10.1. The molecule has 1 aliphatic rings. The third-order valence-electron chi connectivity index (χ3n) is 3.35. The van der Waals surface area contributed by atoms with Crippen molar-refractivity contribution in [1.29, 1.82) is 0 Å². The Morgan fingerprint density at radius 1 is 1.10 bits per heavy atom. The topological polar surface area (TPSA) is 37.4 Å². The number of benzene rings is 2. The summed E-state index contributed by atoms with van der Waals surface area (Å²) in [5, 5.41) is 0.626. The Kier molecular flexibility index (Phi) is 3.35. The van der Waals surface area contributed by atoms with Crippen LogP contribution in [-0.4, -0.2) is 11.7 Å². The largest absolute Gasteiger partial charge is 0.287 e. The monoisotopic (exact) mass is 297 g/mol. The predicted octanol–water partition coefficient (Wildman–Crippen LogP) is 3.93. The Morgan fingerprint density at radius 2 is 1.76 bits per heavy atom. The van der Waals surface area contributed by atoms with Gasteiger partial charge in [-0.15, -0.1) is 0 Å². The molecule has 104 valence electrons. The molecule has 2 aromatic rings. The van der Waals surface area contributed by atoms with Gasteiger partial charge >= 0.3 is 0 Å². The van der Waals surface area contributed by atoms with Gasteiger partial charge in [0.15, 0.2) is 0 Å². The molecule has 0 aromatic heterocycles.